The zero-order valence-corrected chi connectivity index (χ0v) is 10.6. The Bertz CT molecular complexity index is 563. The molecule has 2 rings (SSSR count). The number of methoxy groups -OCH3 is 1. The second kappa shape index (κ2) is 4.68. The summed E-state index contributed by atoms with van der Waals surface area (Å²) < 4.78 is 20.8. The molecular weight excluding hydrogens is 233 g/mol. The Morgan fingerprint density at radius 3 is 2.67 bits per heavy atom. The van der Waals surface area contributed by atoms with Crippen LogP contribution >= 0.6 is 0 Å². The van der Waals surface area contributed by atoms with Crippen LogP contribution in [0, 0.1) is 5.82 Å². The lowest BCUT2D eigenvalue weighted by molar-refractivity contribution is 0.413. The molecule has 2 aromatic rings. The Kier molecular flexibility index (Phi) is 3.23. The molecular formula is C13H16FN3O. The van der Waals surface area contributed by atoms with Gasteiger partial charge >= 0.3 is 0 Å². The van der Waals surface area contributed by atoms with Crippen LogP contribution in [0.2, 0.25) is 0 Å². The number of hydrogen-bond acceptors (Lipinski definition) is 3. The highest BCUT2D eigenvalue weighted by Crippen LogP contribution is 2.35. The molecule has 4 nitrogen and oxygen atoms in total. The van der Waals surface area contributed by atoms with Crippen LogP contribution in [0.3, 0.4) is 0 Å². The number of ether oxygens (including phenoxy) is 1. The minimum Gasteiger partial charge on any atom is -0.496 e. The highest BCUT2D eigenvalue weighted by Gasteiger charge is 2.18. The smallest absolute Gasteiger partial charge is 0.136 e. The van der Waals surface area contributed by atoms with Gasteiger partial charge in [0.2, 0.25) is 0 Å². The molecule has 18 heavy (non-hydrogen) atoms. The highest BCUT2D eigenvalue weighted by atomic mass is 19.1. The first-order chi connectivity index (χ1) is 8.54. The van der Waals surface area contributed by atoms with Crippen LogP contribution in [0.25, 0.3) is 11.3 Å². The summed E-state index contributed by atoms with van der Waals surface area (Å²) >= 11 is 0. The molecule has 0 unspecified atom stereocenters. The molecule has 0 aliphatic carbocycles. The summed E-state index contributed by atoms with van der Waals surface area (Å²) in [5.74, 6) is 0.0331. The number of nitrogens with two attached hydrogens (primary N) is 1. The van der Waals surface area contributed by atoms with Crippen LogP contribution in [-0.4, -0.2) is 16.9 Å². The summed E-state index contributed by atoms with van der Waals surface area (Å²) in [6, 6.07) is 4.81. The summed E-state index contributed by atoms with van der Waals surface area (Å²) in [4.78, 5) is 0. The number of halogens is 1. The molecule has 5 heteroatoms. The molecule has 0 atom stereocenters. The van der Waals surface area contributed by atoms with Crippen molar-refractivity contribution in [1.29, 1.82) is 0 Å². The minimum absolute atomic E-state index is 0.166. The first-order valence-corrected chi connectivity index (χ1v) is 5.72. The summed E-state index contributed by atoms with van der Waals surface area (Å²) in [6.45, 7) is 3.96. The minimum atomic E-state index is -0.393. The van der Waals surface area contributed by atoms with Gasteiger partial charge in [-0.1, -0.05) is 6.07 Å². The van der Waals surface area contributed by atoms with E-state index < -0.39 is 5.82 Å². The van der Waals surface area contributed by atoms with Gasteiger partial charge < -0.3 is 10.5 Å². The standard InChI is InChI=1S/C13H16FN3O/c1-8(2)17-7-10(15)13(16-17)12-9(14)5-4-6-11(12)18-3/h4-8H,15H2,1-3H3. The monoisotopic (exact) mass is 249 g/mol. The van der Waals surface area contributed by atoms with E-state index in [4.69, 9.17) is 10.5 Å². The van der Waals surface area contributed by atoms with E-state index in [2.05, 4.69) is 5.10 Å². The molecule has 1 heterocycles. The maximum Gasteiger partial charge on any atom is 0.136 e. The number of nitrogens with zero attached hydrogens (tertiary/aromatic N) is 2. The van der Waals surface area contributed by atoms with Gasteiger partial charge in [-0.25, -0.2) is 4.39 Å². The van der Waals surface area contributed by atoms with Crippen molar-refractivity contribution in [3.05, 3.63) is 30.2 Å². The third kappa shape index (κ3) is 2.03. The Morgan fingerprint density at radius 1 is 1.39 bits per heavy atom. The van der Waals surface area contributed by atoms with Crippen LogP contribution < -0.4 is 10.5 Å². The van der Waals surface area contributed by atoms with Gasteiger partial charge in [0.05, 0.1) is 18.4 Å². The second-order valence-corrected chi connectivity index (χ2v) is 4.32. The van der Waals surface area contributed by atoms with E-state index >= 15 is 0 Å². The molecule has 0 amide bonds. The van der Waals surface area contributed by atoms with Crippen molar-refractivity contribution in [3.8, 4) is 17.0 Å². The molecule has 0 bridgehead atoms. The van der Waals surface area contributed by atoms with E-state index in [0.29, 0.717) is 22.7 Å². The third-order valence-corrected chi connectivity index (χ3v) is 2.72. The van der Waals surface area contributed by atoms with Crippen LogP contribution in [-0.2, 0) is 0 Å². The largest absolute Gasteiger partial charge is 0.496 e. The summed E-state index contributed by atoms with van der Waals surface area (Å²) in [7, 11) is 1.49. The maximum absolute atomic E-state index is 13.9. The average molecular weight is 249 g/mol. The lowest BCUT2D eigenvalue weighted by Gasteiger charge is -2.08. The van der Waals surface area contributed by atoms with Gasteiger partial charge in [0.1, 0.15) is 17.3 Å². The van der Waals surface area contributed by atoms with E-state index in [1.165, 1.54) is 13.2 Å². The molecule has 2 N–H and O–H groups in total. The fraction of sp³-hybridized carbons (Fsp3) is 0.308. The molecule has 0 radical (unpaired) electrons. The fourth-order valence-corrected chi connectivity index (χ4v) is 1.77. The zero-order chi connectivity index (χ0) is 13.3. The van der Waals surface area contributed by atoms with E-state index in [1.54, 1.807) is 23.0 Å². The predicted molar refractivity (Wildman–Crippen MR) is 69.0 cm³/mol. The van der Waals surface area contributed by atoms with Crippen molar-refractivity contribution < 1.29 is 9.13 Å². The molecule has 0 aliphatic rings. The molecule has 0 aliphatic heterocycles. The van der Waals surface area contributed by atoms with Crippen molar-refractivity contribution in [1.82, 2.24) is 9.78 Å². The molecule has 1 aromatic carbocycles. The molecule has 1 aromatic heterocycles. The maximum atomic E-state index is 13.9. The topological polar surface area (TPSA) is 53.1 Å². The summed E-state index contributed by atoms with van der Waals surface area (Å²) in [5.41, 5.74) is 7.05. The number of anilines is 1. The lowest BCUT2D eigenvalue weighted by Crippen LogP contribution is -2.01. The van der Waals surface area contributed by atoms with Crippen molar-refractivity contribution in [2.75, 3.05) is 12.8 Å². The molecule has 96 valence electrons. The summed E-state index contributed by atoms with van der Waals surface area (Å²) in [6.07, 6.45) is 1.70. The van der Waals surface area contributed by atoms with E-state index in [1.807, 2.05) is 13.8 Å². The van der Waals surface area contributed by atoms with Crippen molar-refractivity contribution in [3.63, 3.8) is 0 Å². The average Bonchev–Trinajstić information content (AvgIpc) is 2.71. The van der Waals surface area contributed by atoms with E-state index in [-0.39, 0.29) is 6.04 Å². The normalized spacial score (nSPS) is 10.9. The number of benzene rings is 1. The second-order valence-electron chi connectivity index (χ2n) is 4.32. The first-order valence-electron chi connectivity index (χ1n) is 5.72. The van der Waals surface area contributed by atoms with Gasteiger partial charge in [-0.05, 0) is 26.0 Å². The van der Waals surface area contributed by atoms with Crippen LogP contribution in [0.5, 0.6) is 5.75 Å². The Morgan fingerprint density at radius 2 is 2.11 bits per heavy atom. The molecule has 0 saturated heterocycles. The van der Waals surface area contributed by atoms with Crippen LogP contribution in [0.15, 0.2) is 24.4 Å². The Balaban J connectivity index is 2.61. The number of aromatic nitrogens is 2. The van der Waals surface area contributed by atoms with Gasteiger partial charge in [-0.2, -0.15) is 5.10 Å². The molecule has 0 fully saturated rings. The number of nitrogen functional groups attached to an aromatic ring is 1. The molecule has 0 saturated carbocycles. The third-order valence-electron chi connectivity index (χ3n) is 2.72. The van der Waals surface area contributed by atoms with Crippen LogP contribution in [0.4, 0.5) is 10.1 Å². The quantitative estimate of drug-likeness (QED) is 0.910. The van der Waals surface area contributed by atoms with E-state index in [0.717, 1.165) is 0 Å². The van der Waals surface area contributed by atoms with Crippen molar-refractivity contribution >= 4 is 5.69 Å². The van der Waals surface area contributed by atoms with Gasteiger partial charge in [-0.3, -0.25) is 4.68 Å². The first kappa shape index (κ1) is 12.4. The van der Waals surface area contributed by atoms with Crippen molar-refractivity contribution in [2.24, 2.45) is 0 Å². The fourth-order valence-electron chi connectivity index (χ4n) is 1.77. The highest BCUT2D eigenvalue weighted by molar-refractivity contribution is 5.77. The van der Waals surface area contributed by atoms with Gasteiger partial charge in [0, 0.05) is 12.2 Å². The van der Waals surface area contributed by atoms with Crippen LogP contribution in [0.1, 0.15) is 19.9 Å². The number of rotatable bonds is 3. The van der Waals surface area contributed by atoms with Gasteiger partial charge in [0.25, 0.3) is 0 Å². The predicted octanol–water partition coefficient (Wildman–Crippen LogP) is 2.86. The summed E-state index contributed by atoms with van der Waals surface area (Å²) in [5, 5.41) is 4.32. The molecule has 0 spiro atoms. The van der Waals surface area contributed by atoms with Crippen molar-refractivity contribution in [2.45, 2.75) is 19.9 Å². The number of hydrogen-bond donors (Lipinski definition) is 1. The Labute approximate surface area is 105 Å². The SMILES string of the molecule is COc1cccc(F)c1-c1nn(C(C)C)cc1N. The Hall–Kier alpha value is -2.04. The van der Waals surface area contributed by atoms with E-state index in [9.17, 15) is 4.39 Å². The van der Waals surface area contributed by atoms with Gasteiger partial charge in [0.15, 0.2) is 0 Å². The zero-order valence-electron chi connectivity index (χ0n) is 10.6. The lowest BCUT2D eigenvalue weighted by atomic mass is 10.1. The van der Waals surface area contributed by atoms with Gasteiger partial charge in [-0.15, -0.1) is 0 Å².